The molecular formula is C24H21ClN2O4S. The number of amides is 2. The zero-order valence-electron chi connectivity index (χ0n) is 17.8. The normalized spacial score (nSPS) is 13.7. The molecule has 1 aromatic heterocycles. The van der Waals surface area contributed by atoms with E-state index in [2.05, 4.69) is 5.32 Å². The molecule has 0 radical (unpaired) electrons. The maximum absolute atomic E-state index is 13.4. The molecule has 2 amide bonds. The molecule has 1 aliphatic heterocycles. The molecule has 6 nitrogen and oxygen atoms in total. The van der Waals surface area contributed by atoms with Gasteiger partial charge in [-0.25, -0.2) is 0 Å². The Kier molecular flexibility index (Phi) is 6.21. The van der Waals surface area contributed by atoms with Gasteiger partial charge < -0.3 is 14.8 Å². The number of carbonyl (C=O) groups is 2. The van der Waals surface area contributed by atoms with Crippen molar-refractivity contribution in [3.05, 3.63) is 80.6 Å². The van der Waals surface area contributed by atoms with E-state index in [-0.39, 0.29) is 18.1 Å². The topological polar surface area (TPSA) is 67.9 Å². The molecule has 164 valence electrons. The van der Waals surface area contributed by atoms with Crippen molar-refractivity contribution in [2.45, 2.75) is 13.5 Å². The maximum atomic E-state index is 13.4. The molecule has 0 aliphatic carbocycles. The van der Waals surface area contributed by atoms with E-state index in [9.17, 15) is 9.59 Å². The average Bonchev–Trinajstić information content (AvgIpc) is 3.40. The molecule has 2 heterocycles. The van der Waals surface area contributed by atoms with Crippen molar-refractivity contribution in [3.63, 3.8) is 0 Å². The van der Waals surface area contributed by atoms with Gasteiger partial charge in [0, 0.05) is 15.6 Å². The van der Waals surface area contributed by atoms with Gasteiger partial charge in [-0.05, 0) is 53.8 Å². The molecule has 0 atom stereocenters. The van der Waals surface area contributed by atoms with Crippen LogP contribution in [0.3, 0.4) is 0 Å². The quantitative estimate of drug-likeness (QED) is 0.487. The van der Waals surface area contributed by atoms with Gasteiger partial charge in [0.1, 0.15) is 5.70 Å². The molecule has 0 unspecified atom stereocenters. The van der Waals surface area contributed by atoms with Crippen molar-refractivity contribution in [1.29, 1.82) is 0 Å². The summed E-state index contributed by atoms with van der Waals surface area (Å²) in [7, 11) is 3.09. The summed E-state index contributed by atoms with van der Waals surface area (Å²) in [6.45, 7) is 1.96. The molecule has 0 bridgehead atoms. The lowest BCUT2D eigenvalue weighted by molar-refractivity contribution is -0.137. The highest BCUT2D eigenvalue weighted by Gasteiger charge is 2.40. The lowest BCUT2D eigenvalue weighted by Crippen LogP contribution is -2.32. The summed E-state index contributed by atoms with van der Waals surface area (Å²) in [5, 5.41) is 5.62. The number of nitrogens with zero attached hydrogens (tertiary/aromatic N) is 1. The smallest absolute Gasteiger partial charge is 0.278 e. The number of nitrogens with one attached hydrogen (secondary N) is 1. The number of methoxy groups -OCH3 is 2. The predicted molar refractivity (Wildman–Crippen MR) is 126 cm³/mol. The highest BCUT2D eigenvalue weighted by molar-refractivity contribution is 7.11. The van der Waals surface area contributed by atoms with Crippen LogP contribution in [-0.4, -0.2) is 30.9 Å². The van der Waals surface area contributed by atoms with Gasteiger partial charge in [0.15, 0.2) is 11.5 Å². The molecule has 32 heavy (non-hydrogen) atoms. The number of thiophene rings is 1. The summed E-state index contributed by atoms with van der Waals surface area (Å²) in [6.07, 6.45) is 0. The van der Waals surface area contributed by atoms with Gasteiger partial charge in [0.05, 0.1) is 26.3 Å². The Morgan fingerprint density at radius 1 is 1.00 bits per heavy atom. The van der Waals surface area contributed by atoms with Crippen LogP contribution >= 0.6 is 22.9 Å². The van der Waals surface area contributed by atoms with E-state index in [1.165, 1.54) is 16.2 Å². The van der Waals surface area contributed by atoms with Crippen molar-refractivity contribution in [2.24, 2.45) is 0 Å². The van der Waals surface area contributed by atoms with Crippen molar-refractivity contribution >= 4 is 46.0 Å². The van der Waals surface area contributed by atoms with Crippen molar-refractivity contribution in [3.8, 4) is 11.5 Å². The molecule has 1 aliphatic rings. The van der Waals surface area contributed by atoms with E-state index in [0.29, 0.717) is 27.8 Å². The Morgan fingerprint density at radius 3 is 2.47 bits per heavy atom. The molecule has 2 aromatic carbocycles. The van der Waals surface area contributed by atoms with Crippen LogP contribution in [0.25, 0.3) is 5.57 Å². The van der Waals surface area contributed by atoms with E-state index < -0.39 is 5.91 Å². The summed E-state index contributed by atoms with van der Waals surface area (Å²) in [6, 6.07) is 14.4. The first-order chi connectivity index (χ1) is 15.4. The van der Waals surface area contributed by atoms with Gasteiger partial charge in [0.25, 0.3) is 11.8 Å². The highest BCUT2D eigenvalue weighted by atomic mass is 35.5. The number of rotatable bonds is 7. The van der Waals surface area contributed by atoms with Gasteiger partial charge in [0.2, 0.25) is 0 Å². The van der Waals surface area contributed by atoms with Crippen LogP contribution in [0, 0.1) is 6.92 Å². The standard InChI is InChI=1S/C24H21ClN2O4S/c1-14-16(25)6-4-7-17(14)26-22-21(20-8-5-11-32-20)23(28)27(24(22)29)13-15-9-10-18(30-2)19(12-15)31-3/h4-12,26H,13H2,1-3H3. The van der Waals surface area contributed by atoms with E-state index in [1.54, 1.807) is 44.6 Å². The first-order valence-corrected chi connectivity index (χ1v) is 11.1. The zero-order chi connectivity index (χ0) is 22.8. The molecule has 0 spiro atoms. The molecule has 4 rings (SSSR count). The zero-order valence-corrected chi connectivity index (χ0v) is 19.3. The summed E-state index contributed by atoms with van der Waals surface area (Å²) in [5.41, 5.74) is 2.81. The number of ether oxygens (including phenoxy) is 2. The highest BCUT2D eigenvalue weighted by Crippen LogP contribution is 2.36. The van der Waals surface area contributed by atoms with Gasteiger partial charge in [-0.2, -0.15) is 0 Å². The third kappa shape index (κ3) is 3.97. The van der Waals surface area contributed by atoms with Crippen molar-refractivity contribution in [1.82, 2.24) is 4.90 Å². The van der Waals surface area contributed by atoms with E-state index >= 15 is 0 Å². The SMILES string of the molecule is COc1ccc(CN2C(=O)C(Nc3cccc(Cl)c3C)=C(c3cccs3)C2=O)cc1OC. The minimum Gasteiger partial charge on any atom is -0.493 e. The summed E-state index contributed by atoms with van der Waals surface area (Å²) < 4.78 is 10.6. The first-order valence-electron chi connectivity index (χ1n) is 9.82. The van der Waals surface area contributed by atoms with Crippen LogP contribution in [0.1, 0.15) is 16.0 Å². The number of benzene rings is 2. The largest absolute Gasteiger partial charge is 0.493 e. The van der Waals surface area contributed by atoms with Crippen LogP contribution in [0.4, 0.5) is 5.69 Å². The lowest BCUT2D eigenvalue weighted by Gasteiger charge is -2.17. The second-order valence-electron chi connectivity index (χ2n) is 7.15. The Bertz CT molecular complexity index is 1220. The number of hydrogen-bond donors (Lipinski definition) is 1. The molecule has 1 N–H and O–H groups in total. The number of halogens is 1. The van der Waals surface area contributed by atoms with Crippen LogP contribution in [0.15, 0.2) is 59.6 Å². The number of imide groups is 1. The van der Waals surface area contributed by atoms with Gasteiger partial charge in [-0.1, -0.05) is 29.8 Å². The molecule has 0 fully saturated rings. The summed E-state index contributed by atoms with van der Waals surface area (Å²) in [4.78, 5) is 28.7. The predicted octanol–water partition coefficient (Wildman–Crippen LogP) is 5.12. The van der Waals surface area contributed by atoms with Gasteiger partial charge in [-0.15, -0.1) is 11.3 Å². The number of anilines is 1. The minimum absolute atomic E-state index is 0.104. The fraction of sp³-hybridized carbons (Fsp3) is 0.167. The van der Waals surface area contributed by atoms with Crippen LogP contribution < -0.4 is 14.8 Å². The molecular weight excluding hydrogens is 448 g/mol. The number of carbonyl (C=O) groups excluding carboxylic acids is 2. The Balaban J connectivity index is 1.70. The van der Waals surface area contributed by atoms with Crippen LogP contribution in [-0.2, 0) is 16.1 Å². The lowest BCUT2D eigenvalue weighted by atomic mass is 10.1. The fourth-order valence-corrected chi connectivity index (χ4v) is 4.47. The van der Waals surface area contributed by atoms with E-state index in [1.807, 2.05) is 30.5 Å². The first kappa shape index (κ1) is 21.9. The molecule has 0 saturated heterocycles. The third-order valence-electron chi connectivity index (χ3n) is 5.25. The fourth-order valence-electron chi connectivity index (χ4n) is 3.52. The van der Waals surface area contributed by atoms with Crippen molar-refractivity contribution < 1.29 is 19.1 Å². The molecule has 8 heteroatoms. The Hall–Kier alpha value is -3.29. The van der Waals surface area contributed by atoms with Crippen LogP contribution in [0.5, 0.6) is 11.5 Å². The average molecular weight is 469 g/mol. The second kappa shape index (κ2) is 9.06. The molecule has 0 saturated carbocycles. The maximum Gasteiger partial charge on any atom is 0.278 e. The minimum atomic E-state index is -0.396. The van der Waals surface area contributed by atoms with Gasteiger partial charge >= 0.3 is 0 Å². The van der Waals surface area contributed by atoms with Crippen LogP contribution in [0.2, 0.25) is 5.02 Å². The third-order valence-corrected chi connectivity index (χ3v) is 6.55. The van der Waals surface area contributed by atoms with E-state index in [0.717, 1.165) is 16.0 Å². The number of hydrogen-bond acceptors (Lipinski definition) is 6. The van der Waals surface area contributed by atoms with Gasteiger partial charge in [-0.3, -0.25) is 14.5 Å². The monoisotopic (exact) mass is 468 g/mol. The Labute approximate surface area is 195 Å². The summed E-state index contributed by atoms with van der Waals surface area (Å²) >= 11 is 7.66. The molecule has 3 aromatic rings. The van der Waals surface area contributed by atoms with E-state index in [4.69, 9.17) is 21.1 Å². The second-order valence-corrected chi connectivity index (χ2v) is 8.51. The Morgan fingerprint density at radius 2 is 1.78 bits per heavy atom. The summed E-state index contributed by atoms with van der Waals surface area (Å²) in [5.74, 6) is 0.358. The van der Waals surface area contributed by atoms with Crippen molar-refractivity contribution in [2.75, 3.05) is 19.5 Å².